The maximum Gasteiger partial charge on any atom is 0.254 e. The smallest absolute Gasteiger partial charge is 0.254 e. The summed E-state index contributed by atoms with van der Waals surface area (Å²) >= 11 is 5.89. The molecular formula is C23H25ClN6O3. The SMILES string of the molecule is O=C(Cn1cnc(-c2ccc(Cl)cc2)cc1=O)NCCOc1cc(N2CCCCC2)ncn1. The molecule has 1 saturated heterocycles. The van der Waals surface area contributed by atoms with E-state index in [-0.39, 0.29) is 31.2 Å². The predicted molar refractivity (Wildman–Crippen MR) is 126 cm³/mol. The first kappa shape index (κ1) is 22.7. The lowest BCUT2D eigenvalue weighted by Gasteiger charge is -2.27. The summed E-state index contributed by atoms with van der Waals surface area (Å²) in [6, 6.07) is 10.3. The largest absolute Gasteiger partial charge is 0.476 e. The highest BCUT2D eigenvalue weighted by Crippen LogP contribution is 2.20. The molecule has 0 aliphatic carbocycles. The molecule has 10 heteroatoms. The molecule has 0 unspecified atom stereocenters. The van der Waals surface area contributed by atoms with Gasteiger partial charge in [0.1, 0.15) is 25.3 Å². The molecule has 0 atom stereocenters. The van der Waals surface area contributed by atoms with Gasteiger partial charge in [-0.3, -0.25) is 14.2 Å². The van der Waals surface area contributed by atoms with Gasteiger partial charge in [0.05, 0.1) is 18.6 Å². The van der Waals surface area contributed by atoms with Gasteiger partial charge in [0.15, 0.2) is 0 Å². The van der Waals surface area contributed by atoms with E-state index >= 15 is 0 Å². The number of rotatable bonds is 8. The Balaban J connectivity index is 1.24. The Kier molecular flexibility index (Phi) is 7.51. The Morgan fingerprint density at radius 3 is 2.61 bits per heavy atom. The average Bonchev–Trinajstić information content (AvgIpc) is 2.84. The monoisotopic (exact) mass is 468 g/mol. The zero-order valence-corrected chi connectivity index (χ0v) is 18.9. The van der Waals surface area contributed by atoms with Crippen molar-refractivity contribution in [3.63, 3.8) is 0 Å². The Bertz CT molecular complexity index is 1150. The summed E-state index contributed by atoms with van der Waals surface area (Å²) in [6.45, 7) is 2.39. The third-order valence-corrected chi connectivity index (χ3v) is 5.57. The van der Waals surface area contributed by atoms with E-state index in [1.165, 1.54) is 29.7 Å². The molecule has 1 aliphatic heterocycles. The average molecular weight is 469 g/mol. The summed E-state index contributed by atoms with van der Waals surface area (Å²) in [5.74, 6) is 1.02. The van der Waals surface area contributed by atoms with Crippen LogP contribution >= 0.6 is 11.6 Å². The van der Waals surface area contributed by atoms with Crippen LogP contribution in [0, 0.1) is 0 Å². The van der Waals surface area contributed by atoms with Crippen molar-refractivity contribution < 1.29 is 9.53 Å². The minimum atomic E-state index is -0.312. The first-order valence-corrected chi connectivity index (χ1v) is 11.3. The van der Waals surface area contributed by atoms with Crippen molar-refractivity contribution in [2.24, 2.45) is 0 Å². The highest BCUT2D eigenvalue weighted by atomic mass is 35.5. The third kappa shape index (κ3) is 6.29. The number of ether oxygens (including phenoxy) is 1. The van der Waals surface area contributed by atoms with Crippen LogP contribution in [0.2, 0.25) is 5.02 Å². The van der Waals surface area contributed by atoms with Crippen LogP contribution in [0.1, 0.15) is 19.3 Å². The second-order valence-electron chi connectivity index (χ2n) is 7.71. The number of halogens is 1. The lowest BCUT2D eigenvalue weighted by Crippen LogP contribution is -2.34. The van der Waals surface area contributed by atoms with Crippen molar-refractivity contribution in [2.45, 2.75) is 25.8 Å². The number of anilines is 1. The van der Waals surface area contributed by atoms with Crippen LogP contribution in [-0.2, 0) is 11.3 Å². The number of carbonyl (C=O) groups excluding carboxylic acids is 1. The van der Waals surface area contributed by atoms with Gasteiger partial charge in [-0.15, -0.1) is 0 Å². The van der Waals surface area contributed by atoms with E-state index in [0.29, 0.717) is 16.6 Å². The number of nitrogens with zero attached hydrogens (tertiary/aromatic N) is 5. The van der Waals surface area contributed by atoms with E-state index in [1.54, 1.807) is 24.3 Å². The molecule has 4 rings (SSSR count). The number of hydrogen-bond donors (Lipinski definition) is 1. The van der Waals surface area contributed by atoms with Crippen molar-refractivity contribution in [1.29, 1.82) is 0 Å². The molecule has 1 N–H and O–H groups in total. The van der Waals surface area contributed by atoms with Gasteiger partial charge in [-0.1, -0.05) is 23.7 Å². The molecule has 2 aromatic heterocycles. The second-order valence-corrected chi connectivity index (χ2v) is 8.14. The first-order valence-electron chi connectivity index (χ1n) is 10.9. The minimum absolute atomic E-state index is 0.126. The summed E-state index contributed by atoms with van der Waals surface area (Å²) in [4.78, 5) is 39.6. The van der Waals surface area contributed by atoms with Gasteiger partial charge in [-0.05, 0) is 31.4 Å². The summed E-state index contributed by atoms with van der Waals surface area (Å²) in [6.07, 6.45) is 6.43. The standard InChI is InChI=1S/C23H25ClN6O3/c24-18-6-4-17(5-7-18)19-12-23(32)30(16-28-19)14-21(31)25-8-11-33-22-13-20(26-15-27-22)29-9-2-1-3-10-29/h4-7,12-13,15-16H,1-3,8-11,14H2,(H,25,31). The summed E-state index contributed by atoms with van der Waals surface area (Å²) in [5, 5.41) is 3.35. The Hall–Kier alpha value is -3.46. The lowest BCUT2D eigenvalue weighted by atomic mass is 10.1. The third-order valence-electron chi connectivity index (χ3n) is 5.32. The number of amides is 1. The lowest BCUT2D eigenvalue weighted by molar-refractivity contribution is -0.121. The molecule has 3 heterocycles. The number of nitrogens with one attached hydrogen (secondary N) is 1. The summed E-state index contributed by atoms with van der Waals surface area (Å²) in [5.41, 5.74) is 0.987. The zero-order chi connectivity index (χ0) is 23.0. The van der Waals surface area contributed by atoms with Crippen LogP contribution in [0.5, 0.6) is 5.88 Å². The van der Waals surface area contributed by atoms with Gasteiger partial charge in [0.25, 0.3) is 5.56 Å². The van der Waals surface area contributed by atoms with Crippen LogP contribution in [0.4, 0.5) is 5.82 Å². The summed E-state index contributed by atoms with van der Waals surface area (Å²) in [7, 11) is 0. The minimum Gasteiger partial charge on any atom is -0.476 e. The van der Waals surface area contributed by atoms with Gasteiger partial charge in [-0.25, -0.2) is 15.0 Å². The molecule has 1 aliphatic rings. The van der Waals surface area contributed by atoms with E-state index in [1.807, 2.05) is 6.07 Å². The molecule has 3 aromatic rings. The van der Waals surface area contributed by atoms with Crippen molar-refractivity contribution in [3.05, 3.63) is 64.4 Å². The van der Waals surface area contributed by atoms with E-state index in [4.69, 9.17) is 16.3 Å². The van der Waals surface area contributed by atoms with E-state index in [0.717, 1.165) is 37.3 Å². The van der Waals surface area contributed by atoms with Gasteiger partial charge in [0, 0.05) is 35.8 Å². The number of carbonyl (C=O) groups is 1. The Labute approximate surface area is 196 Å². The van der Waals surface area contributed by atoms with Crippen LogP contribution in [-0.4, -0.2) is 51.7 Å². The zero-order valence-electron chi connectivity index (χ0n) is 18.1. The number of piperidine rings is 1. The van der Waals surface area contributed by atoms with Crippen LogP contribution in [0.25, 0.3) is 11.3 Å². The number of benzene rings is 1. The molecule has 0 saturated carbocycles. The van der Waals surface area contributed by atoms with E-state index < -0.39 is 0 Å². The molecule has 1 fully saturated rings. The topological polar surface area (TPSA) is 102 Å². The van der Waals surface area contributed by atoms with Crippen molar-refractivity contribution in [2.75, 3.05) is 31.1 Å². The maximum absolute atomic E-state index is 12.4. The molecule has 1 aromatic carbocycles. The van der Waals surface area contributed by atoms with Gasteiger partial charge >= 0.3 is 0 Å². The first-order chi connectivity index (χ1) is 16.1. The fourth-order valence-electron chi connectivity index (χ4n) is 3.58. The quantitative estimate of drug-likeness (QED) is 0.507. The molecule has 33 heavy (non-hydrogen) atoms. The van der Waals surface area contributed by atoms with Crippen LogP contribution in [0.3, 0.4) is 0 Å². The molecular weight excluding hydrogens is 444 g/mol. The Morgan fingerprint density at radius 1 is 1.06 bits per heavy atom. The van der Waals surface area contributed by atoms with E-state index in [9.17, 15) is 9.59 Å². The second kappa shape index (κ2) is 10.9. The van der Waals surface area contributed by atoms with Gasteiger partial charge in [-0.2, -0.15) is 0 Å². The highest BCUT2D eigenvalue weighted by Gasteiger charge is 2.13. The molecule has 9 nitrogen and oxygen atoms in total. The molecule has 172 valence electrons. The van der Waals surface area contributed by atoms with E-state index in [2.05, 4.69) is 25.2 Å². The van der Waals surface area contributed by atoms with Crippen molar-refractivity contribution in [1.82, 2.24) is 24.8 Å². The fraction of sp³-hybridized carbons (Fsp3) is 0.348. The van der Waals surface area contributed by atoms with Crippen molar-refractivity contribution in [3.8, 4) is 17.1 Å². The Morgan fingerprint density at radius 2 is 1.85 bits per heavy atom. The molecule has 1 amide bonds. The number of hydrogen-bond acceptors (Lipinski definition) is 7. The molecule has 0 spiro atoms. The molecule has 0 bridgehead atoms. The van der Waals surface area contributed by atoms with Crippen molar-refractivity contribution >= 4 is 23.3 Å². The van der Waals surface area contributed by atoms with Crippen LogP contribution < -0.4 is 20.5 Å². The molecule has 0 radical (unpaired) electrons. The maximum atomic E-state index is 12.4. The number of aromatic nitrogens is 4. The van der Waals surface area contributed by atoms with Crippen LogP contribution in [0.15, 0.2) is 53.8 Å². The predicted octanol–water partition coefficient (Wildman–Crippen LogP) is 2.54. The highest BCUT2D eigenvalue weighted by molar-refractivity contribution is 6.30. The summed E-state index contributed by atoms with van der Waals surface area (Å²) < 4.78 is 6.91. The van der Waals surface area contributed by atoms with Gasteiger partial charge in [0.2, 0.25) is 11.8 Å². The fourth-order valence-corrected chi connectivity index (χ4v) is 3.71. The van der Waals surface area contributed by atoms with Gasteiger partial charge < -0.3 is 15.0 Å². The normalized spacial score (nSPS) is 13.5.